The van der Waals surface area contributed by atoms with E-state index in [9.17, 15) is 4.79 Å². The van der Waals surface area contributed by atoms with Crippen LogP contribution in [0, 0.1) is 11.2 Å². The molecule has 1 N–H and O–H groups in total. The Labute approximate surface area is 135 Å². The van der Waals surface area contributed by atoms with E-state index in [2.05, 4.69) is 56.2 Å². The Morgan fingerprint density at radius 1 is 1.33 bits per heavy atom. The SMILES string of the molecule is CC(=O)Nc1ncc2cc(Br)ccc2c1C#CS(C)(C)C. The lowest BCUT2D eigenvalue weighted by atomic mass is 10.1. The summed E-state index contributed by atoms with van der Waals surface area (Å²) in [5.74, 6) is 3.59. The second-order valence-electron chi connectivity index (χ2n) is 5.46. The Morgan fingerprint density at radius 3 is 2.67 bits per heavy atom. The summed E-state index contributed by atoms with van der Waals surface area (Å²) in [6, 6.07) is 5.96. The summed E-state index contributed by atoms with van der Waals surface area (Å²) in [7, 11) is -0.955. The third kappa shape index (κ3) is 4.23. The van der Waals surface area contributed by atoms with Crippen molar-refractivity contribution in [1.82, 2.24) is 4.98 Å². The normalized spacial score (nSPS) is 11.7. The minimum absolute atomic E-state index is 0.148. The quantitative estimate of drug-likeness (QED) is 0.778. The van der Waals surface area contributed by atoms with Crippen LogP contribution >= 0.6 is 26.0 Å². The van der Waals surface area contributed by atoms with Crippen molar-refractivity contribution in [2.24, 2.45) is 0 Å². The van der Waals surface area contributed by atoms with Crippen LogP contribution in [-0.4, -0.2) is 29.7 Å². The van der Waals surface area contributed by atoms with Gasteiger partial charge in [-0.15, -0.1) is 0 Å². The molecule has 2 aromatic rings. The molecule has 0 aliphatic rings. The first-order valence-electron chi connectivity index (χ1n) is 6.33. The van der Waals surface area contributed by atoms with Crippen LogP contribution in [0.3, 0.4) is 0 Å². The van der Waals surface area contributed by atoms with E-state index >= 15 is 0 Å². The van der Waals surface area contributed by atoms with Crippen molar-refractivity contribution in [3.63, 3.8) is 0 Å². The minimum atomic E-state index is -0.955. The molecule has 5 heteroatoms. The monoisotopic (exact) mass is 364 g/mol. The molecule has 0 aliphatic carbocycles. The number of nitrogens with one attached hydrogen (secondary N) is 1. The van der Waals surface area contributed by atoms with E-state index in [1.165, 1.54) is 6.92 Å². The Balaban J connectivity index is 2.69. The van der Waals surface area contributed by atoms with Crippen LogP contribution in [0.25, 0.3) is 10.8 Å². The standard InChI is InChI=1S/C16H17BrN2OS/c1-11(20)19-16-15(7-8-21(2,3)4)14-6-5-13(17)9-12(14)10-18-16/h5-6,9-10H,1-4H3,(H,18,19,20). The maximum Gasteiger partial charge on any atom is 0.222 e. The first-order chi connectivity index (χ1) is 9.76. The second kappa shape index (κ2) is 6.08. The largest absolute Gasteiger partial charge is 0.310 e. The number of rotatable bonds is 1. The van der Waals surface area contributed by atoms with Crippen LogP contribution < -0.4 is 5.32 Å². The molecule has 0 saturated heterocycles. The molecular formula is C16H17BrN2OS. The fourth-order valence-electron chi connectivity index (χ4n) is 1.79. The Bertz CT molecular complexity index is 769. The molecule has 0 unspecified atom stereocenters. The minimum Gasteiger partial charge on any atom is -0.310 e. The highest BCUT2D eigenvalue weighted by atomic mass is 79.9. The summed E-state index contributed by atoms with van der Waals surface area (Å²) in [6.07, 6.45) is 8.15. The van der Waals surface area contributed by atoms with Gasteiger partial charge in [-0.2, -0.15) is 10.0 Å². The highest BCUT2D eigenvalue weighted by Gasteiger charge is 2.10. The number of carbonyl (C=O) groups is 1. The topological polar surface area (TPSA) is 42.0 Å². The van der Waals surface area contributed by atoms with Crippen molar-refractivity contribution in [2.45, 2.75) is 6.92 Å². The van der Waals surface area contributed by atoms with E-state index in [1.807, 2.05) is 18.2 Å². The third-order valence-corrected chi connectivity index (χ3v) is 3.84. The molecule has 1 aromatic heterocycles. The van der Waals surface area contributed by atoms with Gasteiger partial charge in [0, 0.05) is 28.4 Å². The summed E-state index contributed by atoms with van der Waals surface area (Å²) in [4.78, 5) is 15.7. The van der Waals surface area contributed by atoms with Gasteiger partial charge in [0.15, 0.2) is 0 Å². The zero-order chi connectivity index (χ0) is 15.6. The summed E-state index contributed by atoms with van der Waals surface area (Å²) in [5.41, 5.74) is 0.776. The Morgan fingerprint density at radius 2 is 2.05 bits per heavy atom. The third-order valence-electron chi connectivity index (χ3n) is 2.63. The van der Waals surface area contributed by atoms with E-state index in [4.69, 9.17) is 0 Å². The van der Waals surface area contributed by atoms with E-state index < -0.39 is 10.0 Å². The number of hydrogen-bond donors (Lipinski definition) is 1. The fourth-order valence-corrected chi connectivity index (χ4v) is 2.57. The molecule has 0 saturated carbocycles. The van der Waals surface area contributed by atoms with Gasteiger partial charge in [-0.3, -0.25) is 4.79 Å². The van der Waals surface area contributed by atoms with E-state index in [0.717, 1.165) is 20.8 Å². The number of benzene rings is 1. The van der Waals surface area contributed by atoms with Crippen molar-refractivity contribution in [1.29, 1.82) is 0 Å². The lowest BCUT2D eigenvalue weighted by Crippen LogP contribution is -2.09. The number of hydrogen-bond acceptors (Lipinski definition) is 2. The number of pyridine rings is 1. The summed E-state index contributed by atoms with van der Waals surface area (Å²) < 4.78 is 0.990. The van der Waals surface area contributed by atoms with Crippen LogP contribution in [0.15, 0.2) is 28.9 Å². The van der Waals surface area contributed by atoms with Gasteiger partial charge in [-0.1, -0.05) is 27.9 Å². The van der Waals surface area contributed by atoms with Gasteiger partial charge in [-0.05, 0) is 36.2 Å². The van der Waals surface area contributed by atoms with E-state index in [0.29, 0.717) is 5.82 Å². The second-order valence-corrected chi connectivity index (χ2v) is 10.3. The highest BCUT2D eigenvalue weighted by molar-refractivity contribution is 9.10. The molecule has 0 spiro atoms. The first kappa shape index (κ1) is 15.9. The van der Waals surface area contributed by atoms with Crippen molar-refractivity contribution in [2.75, 3.05) is 24.1 Å². The van der Waals surface area contributed by atoms with Crippen molar-refractivity contribution in [3.05, 3.63) is 34.4 Å². The molecule has 1 amide bonds. The summed E-state index contributed by atoms with van der Waals surface area (Å²) in [6.45, 7) is 1.47. The van der Waals surface area contributed by atoms with Gasteiger partial charge >= 0.3 is 0 Å². The predicted octanol–water partition coefficient (Wildman–Crippen LogP) is 3.96. The molecule has 110 valence electrons. The van der Waals surface area contributed by atoms with Gasteiger partial charge in [0.05, 0.1) is 5.56 Å². The number of fused-ring (bicyclic) bond motifs is 1. The number of amides is 1. The molecule has 3 nitrogen and oxygen atoms in total. The van der Waals surface area contributed by atoms with E-state index in [1.54, 1.807) is 6.20 Å². The first-order valence-corrected chi connectivity index (χ1v) is 9.98. The Kier molecular flexibility index (Phi) is 4.60. The molecular weight excluding hydrogens is 348 g/mol. The average Bonchev–Trinajstić information content (AvgIpc) is 2.35. The van der Waals surface area contributed by atoms with Gasteiger partial charge in [0.2, 0.25) is 5.91 Å². The van der Waals surface area contributed by atoms with Gasteiger partial charge in [0.25, 0.3) is 0 Å². The number of aromatic nitrogens is 1. The lowest BCUT2D eigenvalue weighted by Gasteiger charge is -2.15. The zero-order valence-corrected chi connectivity index (χ0v) is 14.9. The Hall–Kier alpha value is -1.51. The molecule has 1 aromatic carbocycles. The molecule has 0 aliphatic heterocycles. The molecule has 2 rings (SSSR count). The lowest BCUT2D eigenvalue weighted by molar-refractivity contribution is -0.114. The summed E-state index contributed by atoms with van der Waals surface area (Å²) >= 11 is 3.46. The summed E-state index contributed by atoms with van der Waals surface area (Å²) in [5, 5.41) is 8.04. The van der Waals surface area contributed by atoms with Gasteiger partial charge < -0.3 is 5.32 Å². The van der Waals surface area contributed by atoms with Gasteiger partial charge in [0.1, 0.15) is 5.82 Å². The van der Waals surface area contributed by atoms with Gasteiger partial charge in [-0.25, -0.2) is 4.98 Å². The fraction of sp³-hybridized carbons (Fsp3) is 0.250. The van der Waals surface area contributed by atoms with Crippen LogP contribution in [0.4, 0.5) is 5.82 Å². The zero-order valence-electron chi connectivity index (χ0n) is 12.5. The van der Waals surface area contributed by atoms with Crippen LogP contribution in [0.5, 0.6) is 0 Å². The smallest absolute Gasteiger partial charge is 0.222 e. The molecule has 0 fully saturated rings. The highest BCUT2D eigenvalue weighted by Crippen LogP contribution is 2.33. The van der Waals surface area contributed by atoms with Crippen LogP contribution in [-0.2, 0) is 4.79 Å². The van der Waals surface area contributed by atoms with Crippen molar-refractivity contribution in [3.8, 4) is 11.2 Å². The van der Waals surface area contributed by atoms with Crippen LogP contribution in [0.1, 0.15) is 12.5 Å². The van der Waals surface area contributed by atoms with Crippen molar-refractivity contribution >= 4 is 48.5 Å². The van der Waals surface area contributed by atoms with Crippen molar-refractivity contribution < 1.29 is 4.79 Å². The molecule has 0 bridgehead atoms. The van der Waals surface area contributed by atoms with Crippen LogP contribution in [0.2, 0.25) is 0 Å². The average molecular weight is 365 g/mol. The predicted molar refractivity (Wildman–Crippen MR) is 96.0 cm³/mol. The number of anilines is 1. The number of nitrogens with zero attached hydrogens (tertiary/aromatic N) is 1. The number of halogens is 1. The maximum absolute atomic E-state index is 11.4. The molecule has 0 atom stereocenters. The number of carbonyl (C=O) groups excluding carboxylic acids is 1. The molecule has 21 heavy (non-hydrogen) atoms. The van der Waals surface area contributed by atoms with E-state index in [-0.39, 0.29) is 5.91 Å². The molecule has 0 radical (unpaired) electrons. The molecule has 1 heterocycles. The maximum atomic E-state index is 11.4.